The second kappa shape index (κ2) is 7.66. The Labute approximate surface area is 73.6 Å². The van der Waals surface area contributed by atoms with Gasteiger partial charge in [0.15, 0.2) is 6.29 Å². The van der Waals surface area contributed by atoms with E-state index in [1.54, 1.807) is 20.3 Å². The minimum atomic E-state index is -0.250. The Kier molecular flexibility index (Phi) is 11.0. The summed E-state index contributed by atoms with van der Waals surface area (Å²) >= 11 is 0. The molecule has 44 valence electrons. The molecule has 0 aliphatic rings. The zero-order valence-electron chi connectivity index (χ0n) is 6.68. The van der Waals surface area contributed by atoms with Gasteiger partial charge in [-0.15, -0.1) is 0 Å². The SMILES string of the molecule is C=CC(OC)OC.[H-].[Na+]. The number of ether oxygens (including phenoxy) is 2. The summed E-state index contributed by atoms with van der Waals surface area (Å²) in [5, 5.41) is 0. The van der Waals surface area contributed by atoms with Crippen molar-refractivity contribution in [3.8, 4) is 0 Å². The summed E-state index contributed by atoms with van der Waals surface area (Å²) in [6.45, 7) is 3.45. The van der Waals surface area contributed by atoms with Crippen LogP contribution in [0.3, 0.4) is 0 Å². The van der Waals surface area contributed by atoms with Crippen LogP contribution in [-0.2, 0) is 9.47 Å². The van der Waals surface area contributed by atoms with Crippen molar-refractivity contribution in [3.05, 3.63) is 12.7 Å². The quantitative estimate of drug-likeness (QED) is 0.245. The summed E-state index contributed by atoms with van der Waals surface area (Å²) in [4.78, 5) is 0. The maximum Gasteiger partial charge on any atom is 1.00 e. The van der Waals surface area contributed by atoms with Gasteiger partial charge in [-0.1, -0.05) is 6.58 Å². The van der Waals surface area contributed by atoms with Gasteiger partial charge in [0.05, 0.1) is 0 Å². The molecule has 0 saturated carbocycles. The predicted molar refractivity (Wildman–Crippen MR) is 29.1 cm³/mol. The normalized spacial score (nSPS) is 8.38. The van der Waals surface area contributed by atoms with E-state index in [-0.39, 0.29) is 37.3 Å². The summed E-state index contributed by atoms with van der Waals surface area (Å²) in [5.74, 6) is 0. The van der Waals surface area contributed by atoms with Gasteiger partial charge in [-0.25, -0.2) is 0 Å². The van der Waals surface area contributed by atoms with Gasteiger partial charge in [-0.3, -0.25) is 0 Å². The van der Waals surface area contributed by atoms with Gasteiger partial charge in [-0.2, -0.15) is 0 Å². The second-order valence-corrected chi connectivity index (χ2v) is 1.08. The molecule has 0 aromatic carbocycles. The molecule has 2 nitrogen and oxygen atoms in total. The molecule has 0 bridgehead atoms. The van der Waals surface area contributed by atoms with Crippen molar-refractivity contribution in [1.29, 1.82) is 0 Å². The summed E-state index contributed by atoms with van der Waals surface area (Å²) in [5.41, 5.74) is 0. The van der Waals surface area contributed by atoms with Crippen LogP contribution in [0.25, 0.3) is 0 Å². The zero-order chi connectivity index (χ0) is 5.70. The molecule has 0 fully saturated rings. The standard InChI is InChI=1S/C5H10O2.Na.H/c1-4-5(6-2)7-3;;/h4-5H,1H2,2-3H3;;/q;+1;-1. The van der Waals surface area contributed by atoms with Crippen molar-refractivity contribution in [2.75, 3.05) is 14.2 Å². The Bertz CT molecular complexity index is 56.9. The van der Waals surface area contributed by atoms with E-state index in [9.17, 15) is 0 Å². The largest absolute Gasteiger partial charge is 1.00 e. The molecule has 0 atom stereocenters. The Morgan fingerprint density at radius 2 is 1.88 bits per heavy atom. The Morgan fingerprint density at radius 3 is 1.88 bits per heavy atom. The molecule has 0 aromatic heterocycles. The minimum absolute atomic E-state index is 0. The molecule has 0 aromatic rings. The molecule has 0 radical (unpaired) electrons. The summed E-state index contributed by atoms with van der Waals surface area (Å²) in [7, 11) is 3.13. The fraction of sp³-hybridized carbons (Fsp3) is 0.600. The molecule has 0 amide bonds. The van der Waals surface area contributed by atoms with Crippen LogP contribution in [0.15, 0.2) is 12.7 Å². The molecule has 8 heavy (non-hydrogen) atoms. The number of hydrogen-bond donors (Lipinski definition) is 0. The van der Waals surface area contributed by atoms with Gasteiger partial charge in [0, 0.05) is 14.2 Å². The van der Waals surface area contributed by atoms with Crippen LogP contribution in [-0.4, -0.2) is 20.5 Å². The van der Waals surface area contributed by atoms with E-state index in [4.69, 9.17) is 9.47 Å². The smallest absolute Gasteiger partial charge is 1.00 e. The van der Waals surface area contributed by atoms with Crippen LogP contribution in [0.5, 0.6) is 0 Å². The zero-order valence-corrected chi connectivity index (χ0v) is 7.68. The first kappa shape index (κ1) is 11.5. The molecule has 3 heteroatoms. The van der Waals surface area contributed by atoms with Crippen LogP contribution >= 0.6 is 0 Å². The molecule has 0 N–H and O–H groups in total. The van der Waals surface area contributed by atoms with Gasteiger partial charge in [0.25, 0.3) is 0 Å². The number of rotatable bonds is 3. The van der Waals surface area contributed by atoms with Crippen molar-refractivity contribution in [2.45, 2.75) is 6.29 Å². The third kappa shape index (κ3) is 4.81. The molecule has 0 spiro atoms. The molecule has 0 heterocycles. The molecule has 0 unspecified atom stereocenters. The number of methoxy groups -OCH3 is 2. The molecule has 0 aliphatic carbocycles. The fourth-order valence-corrected chi connectivity index (χ4v) is 0.289. The van der Waals surface area contributed by atoms with Crippen LogP contribution in [0, 0.1) is 0 Å². The van der Waals surface area contributed by atoms with Gasteiger partial charge in [0.1, 0.15) is 0 Å². The van der Waals surface area contributed by atoms with E-state index in [1.165, 1.54) is 0 Å². The second-order valence-electron chi connectivity index (χ2n) is 1.08. The van der Waals surface area contributed by atoms with Crippen molar-refractivity contribution in [1.82, 2.24) is 0 Å². The number of hydrogen-bond acceptors (Lipinski definition) is 2. The third-order valence-electron chi connectivity index (χ3n) is 0.657. The summed E-state index contributed by atoms with van der Waals surface area (Å²) in [6.07, 6.45) is 1.33. The average molecular weight is 126 g/mol. The first-order chi connectivity index (χ1) is 3.35. The van der Waals surface area contributed by atoms with Crippen LogP contribution < -0.4 is 29.6 Å². The minimum Gasteiger partial charge on any atom is -1.00 e. The molecular formula is C5H11NaO2. The summed E-state index contributed by atoms with van der Waals surface area (Å²) in [6, 6.07) is 0. The predicted octanol–water partition coefficient (Wildman–Crippen LogP) is -2.09. The maximum atomic E-state index is 4.71. The van der Waals surface area contributed by atoms with E-state index < -0.39 is 0 Å². The summed E-state index contributed by atoms with van der Waals surface area (Å²) < 4.78 is 9.42. The third-order valence-corrected chi connectivity index (χ3v) is 0.657. The molecule has 0 saturated heterocycles. The Morgan fingerprint density at radius 1 is 1.50 bits per heavy atom. The topological polar surface area (TPSA) is 18.5 Å². The van der Waals surface area contributed by atoms with Crippen LogP contribution in [0.4, 0.5) is 0 Å². The van der Waals surface area contributed by atoms with Gasteiger partial charge in [0.2, 0.25) is 0 Å². The van der Waals surface area contributed by atoms with Crippen molar-refractivity contribution in [2.24, 2.45) is 0 Å². The van der Waals surface area contributed by atoms with E-state index >= 15 is 0 Å². The van der Waals surface area contributed by atoms with Gasteiger partial charge in [-0.05, 0) is 6.08 Å². The van der Waals surface area contributed by atoms with E-state index in [0.29, 0.717) is 0 Å². The van der Waals surface area contributed by atoms with Crippen molar-refractivity contribution < 1.29 is 40.5 Å². The first-order valence-corrected chi connectivity index (χ1v) is 2.03. The molecule has 0 rings (SSSR count). The van der Waals surface area contributed by atoms with Crippen LogP contribution in [0.2, 0.25) is 0 Å². The fourth-order valence-electron chi connectivity index (χ4n) is 0.289. The van der Waals surface area contributed by atoms with E-state index in [1.807, 2.05) is 0 Å². The Hall–Kier alpha value is 0.660. The molecule has 0 aliphatic heterocycles. The average Bonchev–Trinajstić information content (AvgIpc) is 1.72. The van der Waals surface area contributed by atoms with Gasteiger partial charge < -0.3 is 10.9 Å². The van der Waals surface area contributed by atoms with Crippen molar-refractivity contribution >= 4 is 0 Å². The Balaban J connectivity index is -0.000000180. The van der Waals surface area contributed by atoms with Crippen LogP contribution in [0.1, 0.15) is 1.43 Å². The first-order valence-electron chi connectivity index (χ1n) is 2.03. The maximum absolute atomic E-state index is 4.71. The van der Waals surface area contributed by atoms with Gasteiger partial charge >= 0.3 is 29.6 Å². The monoisotopic (exact) mass is 126 g/mol. The molecular weight excluding hydrogens is 115 g/mol. The van der Waals surface area contributed by atoms with Crippen molar-refractivity contribution in [3.63, 3.8) is 0 Å². The van der Waals surface area contributed by atoms with E-state index in [2.05, 4.69) is 6.58 Å². The van der Waals surface area contributed by atoms with E-state index in [0.717, 1.165) is 0 Å².